The number of sulfonamides is 1. The van der Waals surface area contributed by atoms with Crippen molar-refractivity contribution in [2.75, 3.05) is 19.0 Å². The maximum Gasteiger partial charge on any atom is 0.335 e. The highest BCUT2D eigenvalue weighted by molar-refractivity contribution is 7.90. The van der Waals surface area contributed by atoms with Crippen LogP contribution in [0.25, 0.3) is 22.0 Å². The van der Waals surface area contributed by atoms with Gasteiger partial charge in [0, 0.05) is 40.1 Å². The number of amides is 3. The molecule has 0 spiro atoms. The Labute approximate surface area is 384 Å². The van der Waals surface area contributed by atoms with Gasteiger partial charge in [0.1, 0.15) is 17.8 Å². The van der Waals surface area contributed by atoms with Crippen LogP contribution in [0.4, 0.5) is 5.13 Å². The minimum absolute atomic E-state index is 0.0441. The number of aromatic amines is 1. The topological polar surface area (TPSA) is 217 Å². The smallest absolute Gasteiger partial charge is 0.335 e. The number of aromatic nitrogens is 2. The Kier molecular flexibility index (Phi) is 23.2. The maximum absolute atomic E-state index is 13.6. The van der Waals surface area contributed by atoms with E-state index in [-0.39, 0.29) is 40.6 Å². The molecule has 2 atom stereocenters. The van der Waals surface area contributed by atoms with Gasteiger partial charge in [-0.05, 0) is 74.3 Å². The second-order valence-corrected chi connectivity index (χ2v) is 18.0. The summed E-state index contributed by atoms with van der Waals surface area (Å²) in [7, 11) is -1.70. The molecular weight excluding hydrogens is 880 g/mol. The molecule has 3 fully saturated rings. The van der Waals surface area contributed by atoms with E-state index in [2.05, 4.69) is 72.3 Å². The summed E-state index contributed by atoms with van der Waals surface area (Å²) in [6.45, 7) is 12.6. The molecule has 4 aromatic rings. The normalized spacial score (nSPS) is 15.0. The van der Waals surface area contributed by atoms with Gasteiger partial charge in [0.05, 0.1) is 29.0 Å². The number of nitrogens with zero attached hydrogens (tertiary/aromatic N) is 2. The van der Waals surface area contributed by atoms with E-state index in [1.807, 2.05) is 26.2 Å². The number of thiazole rings is 1. The number of halogens is 1. The zero-order chi connectivity index (χ0) is 48.8. The number of fused-ring (bicyclic) bond motifs is 1. The Hall–Kier alpha value is -6.58. The second kappa shape index (κ2) is 26.8. The molecule has 3 aliphatic rings. The number of H-pyrrole nitrogens is 1. The Bertz CT molecular complexity index is 2380. The van der Waals surface area contributed by atoms with Crippen molar-refractivity contribution in [3.05, 3.63) is 88.1 Å². The van der Waals surface area contributed by atoms with E-state index in [0.29, 0.717) is 52.8 Å². The van der Waals surface area contributed by atoms with Crippen LogP contribution in [0.15, 0.2) is 72.0 Å². The molecule has 342 valence electrons. The summed E-state index contributed by atoms with van der Waals surface area (Å²) in [4.78, 5) is 67.4. The molecule has 2 saturated carbocycles. The van der Waals surface area contributed by atoms with E-state index in [9.17, 15) is 32.4 Å². The summed E-state index contributed by atoms with van der Waals surface area (Å²) in [6, 6.07) is 11.0. The molecule has 0 unspecified atom stereocenters. The summed E-state index contributed by atoms with van der Waals surface area (Å²) in [6.07, 6.45) is 30.7. The standard InChI is InChI=1S/C24H30N4O4S.C10H8ClNO2.C4H7NO3S.C2H4.3C2H2/c1-24(2,3)19(21(30)28-12-4-5-18(28)20(29)25-16-10-11-16)27-23-26-17(13-33-23)14-6-8-15(9-7-14)22(31)32;1-14-9-5-12-10(13)8-4-6(11)2-3-7(8)9;6-3-5-9(7,8)4-1-2-4;4*1-2/h6-9,13,16,18-19H,4-5,10-12H2,1-3H3,(H,25,29)(H,26,27)(H,31,32);2-5H,1H3,(H,12,13);3-4H,1-2H2,(H,5,6);1-2H2;3*1-2H/t18-,19+;;;;;;/m0....../s1. The molecule has 1 saturated heterocycles. The molecular formula is C46H55ClN6O9S2. The predicted molar refractivity (Wildman–Crippen MR) is 255 cm³/mol. The Balaban J connectivity index is 0.000000541. The number of hydrogen-bond donors (Lipinski definition) is 5. The van der Waals surface area contributed by atoms with Gasteiger partial charge in [-0.25, -0.2) is 18.2 Å². The zero-order valence-corrected chi connectivity index (χ0v) is 38.6. The molecule has 1 aliphatic heterocycles. The van der Waals surface area contributed by atoms with Crippen molar-refractivity contribution in [2.45, 2.75) is 82.7 Å². The SMILES string of the molecule is C#C.C#C.C#C.C=C.CC(C)(C)[C@H](Nc1nc(-c2ccc(C(=O)O)cc2)cs1)C(=O)N1CCC[C@H]1C(=O)NC1CC1.COc1c[nH]c(=O)c2cc(Cl)ccc12.O=CNS(=O)(=O)C1CC1. The van der Waals surface area contributed by atoms with Crippen LogP contribution in [0.5, 0.6) is 5.75 Å². The van der Waals surface area contributed by atoms with Crippen molar-refractivity contribution >= 4 is 73.1 Å². The van der Waals surface area contributed by atoms with Crippen LogP contribution < -0.4 is 25.7 Å². The lowest BCUT2D eigenvalue weighted by atomic mass is 9.85. The van der Waals surface area contributed by atoms with Crippen molar-refractivity contribution < 1.29 is 37.4 Å². The van der Waals surface area contributed by atoms with Crippen LogP contribution in [0, 0.1) is 44.0 Å². The first kappa shape index (κ1) is 55.4. The summed E-state index contributed by atoms with van der Waals surface area (Å²) in [5, 5.41) is 19.5. The highest BCUT2D eigenvalue weighted by atomic mass is 35.5. The lowest BCUT2D eigenvalue weighted by molar-refractivity contribution is -0.140. The molecule has 0 bridgehead atoms. The minimum Gasteiger partial charge on any atom is -0.495 e. The van der Waals surface area contributed by atoms with E-state index in [0.717, 1.165) is 30.2 Å². The lowest BCUT2D eigenvalue weighted by Crippen LogP contribution is -2.54. The number of carbonyl (C=O) groups is 4. The molecule has 2 aliphatic carbocycles. The minimum atomic E-state index is -3.26. The van der Waals surface area contributed by atoms with Crippen molar-refractivity contribution in [1.29, 1.82) is 0 Å². The monoisotopic (exact) mass is 934 g/mol. The number of nitrogens with one attached hydrogen (secondary N) is 4. The van der Waals surface area contributed by atoms with E-state index < -0.39 is 33.5 Å². The fourth-order valence-corrected chi connectivity index (χ4v) is 7.94. The molecule has 3 amide bonds. The van der Waals surface area contributed by atoms with E-state index in [1.54, 1.807) is 65.4 Å². The first-order valence-corrected chi connectivity index (χ1v) is 22.3. The molecule has 2 aromatic heterocycles. The fourth-order valence-electron chi connectivity index (χ4n) is 5.94. The number of carbonyl (C=O) groups excluding carboxylic acids is 3. The third kappa shape index (κ3) is 16.3. The quantitative estimate of drug-likeness (QED) is 0.0616. The number of likely N-dealkylation sites (tertiary alicyclic amines) is 1. The highest BCUT2D eigenvalue weighted by Crippen LogP contribution is 2.32. The van der Waals surface area contributed by atoms with Crippen LogP contribution in [-0.2, 0) is 24.4 Å². The fraction of sp³-hybridized carbons (Fsp3) is 0.348. The number of pyridine rings is 1. The van der Waals surface area contributed by atoms with Gasteiger partial charge >= 0.3 is 5.97 Å². The number of terminal acetylenes is 3. The van der Waals surface area contributed by atoms with Crippen molar-refractivity contribution in [3.8, 4) is 55.5 Å². The third-order valence-electron chi connectivity index (χ3n) is 9.30. The lowest BCUT2D eigenvalue weighted by Gasteiger charge is -2.35. The first-order chi connectivity index (χ1) is 30.5. The number of carboxylic acid groups (broad SMARTS) is 1. The average molecular weight is 936 g/mol. The number of benzene rings is 2. The van der Waals surface area contributed by atoms with Crippen LogP contribution in [0.1, 0.15) is 69.7 Å². The largest absolute Gasteiger partial charge is 0.495 e. The summed E-state index contributed by atoms with van der Waals surface area (Å²) in [5.41, 5.74) is 1.17. The second-order valence-electron chi connectivity index (χ2n) is 14.7. The van der Waals surface area contributed by atoms with Crippen LogP contribution >= 0.6 is 22.9 Å². The van der Waals surface area contributed by atoms with Gasteiger partial charge in [-0.1, -0.05) is 44.5 Å². The van der Waals surface area contributed by atoms with Crippen molar-refractivity contribution in [3.63, 3.8) is 0 Å². The highest BCUT2D eigenvalue weighted by Gasteiger charge is 2.42. The molecule has 15 nitrogen and oxygen atoms in total. The molecule has 5 N–H and O–H groups in total. The number of methoxy groups -OCH3 is 1. The Morgan fingerprint density at radius 2 is 1.61 bits per heavy atom. The number of carboxylic acids is 1. The summed E-state index contributed by atoms with van der Waals surface area (Å²) in [5.74, 6) is -0.466. The van der Waals surface area contributed by atoms with Gasteiger partial charge in [-0.3, -0.25) is 23.9 Å². The molecule has 2 aromatic carbocycles. The molecule has 3 heterocycles. The van der Waals surface area contributed by atoms with Gasteiger partial charge in [0.15, 0.2) is 5.13 Å². The van der Waals surface area contributed by atoms with Crippen LogP contribution in [0.2, 0.25) is 5.02 Å². The first-order valence-electron chi connectivity index (χ1n) is 19.5. The Morgan fingerprint density at radius 3 is 2.12 bits per heavy atom. The van der Waals surface area contributed by atoms with Crippen LogP contribution in [0.3, 0.4) is 0 Å². The third-order valence-corrected chi connectivity index (χ3v) is 12.1. The number of anilines is 1. The summed E-state index contributed by atoms with van der Waals surface area (Å²) < 4.78 is 28.2. The van der Waals surface area contributed by atoms with Crippen molar-refractivity contribution in [1.82, 2.24) is 24.9 Å². The van der Waals surface area contributed by atoms with Crippen LogP contribution in [-0.4, -0.2) is 89.6 Å². The van der Waals surface area contributed by atoms with Gasteiger partial charge in [-0.15, -0.1) is 63.0 Å². The van der Waals surface area contributed by atoms with E-state index >= 15 is 0 Å². The molecule has 7 rings (SSSR count). The number of aromatic carboxylic acids is 1. The van der Waals surface area contributed by atoms with E-state index in [1.165, 1.54) is 11.3 Å². The van der Waals surface area contributed by atoms with Gasteiger partial charge in [0.25, 0.3) is 5.56 Å². The molecule has 0 radical (unpaired) electrons. The average Bonchev–Trinajstić information content (AvgIpc) is 4.22. The van der Waals surface area contributed by atoms with Gasteiger partial charge < -0.3 is 30.4 Å². The summed E-state index contributed by atoms with van der Waals surface area (Å²) >= 11 is 7.19. The zero-order valence-electron chi connectivity index (χ0n) is 36.2. The predicted octanol–water partition coefficient (Wildman–Crippen LogP) is 6.57. The van der Waals surface area contributed by atoms with Gasteiger partial charge in [0.2, 0.25) is 28.2 Å². The Morgan fingerprint density at radius 1 is 1.00 bits per heavy atom. The van der Waals surface area contributed by atoms with Gasteiger partial charge in [-0.2, -0.15) is 0 Å². The van der Waals surface area contributed by atoms with Crippen molar-refractivity contribution in [2.24, 2.45) is 5.41 Å². The number of hydrogen-bond acceptors (Lipinski definition) is 11. The number of ether oxygens (including phenoxy) is 1. The van der Waals surface area contributed by atoms with E-state index in [4.69, 9.17) is 21.4 Å². The molecule has 18 heteroatoms. The number of rotatable bonds is 11. The maximum atomic E-state index is 13.6. The molecule has 64 heavy (non-hydrogen) atoms.